The fraction of sp³-hybridized carbons (Fsp3) is 0.333. The van der Waals surface area contributed by atoms with E-state index in [0.717, 1.165) is 5.56 Å². The average molecular weight is 388 g/mol. The number of anilines is 1. The van der Waals surface area contributed by atoms with Gasteiger partial charge in [0.25, 0.3) is 0 Å². The first-order chi connectivity index (χ1) is 13.1. The lowest BCUT2D eigenvalue weighted by Crippen LogP contribution is -2.47. The van der Waals surface area contributed by atoms with Crippen LogP contribution in [0.2, 0.25) is 0 Å². The highest BCUT2D eigenvalue weighted by Crippen LogP contribution is 2.15. The van der Waals surface area contributed by atoms with Gasteiger partial charge in [-0.25, -0.2) is 4.98 Å². The summed E-state index contributed by atoms with van der Waals surface area (Å²) in [5, 5.41) is 10.4. The second-order valence-corrected chi connectivity index (χ2v) is 6.85. The second-order valence-electron chi connectivity index (χ2n) is 5.95. The van der Waals surface area contributed by atoms with Crippen LogP contribution in [0.4, 0.5) is 5.13 Å². The van der Waals surface area contributed by atoms with Crippen molar-refractivity contribution in [3.8, 4) is 0 Å². The van der Waals surface area contributed by atoms with E-state index in [1.807, 2.05) is 30.3 Å². The molecule has 1 aromatic carbocycles. The minimum absolute atomic E-state index is 0.248. The average Bonchev–Trinajstić information content (AvgIpc) is 3.32. The highest BCUT2D eigenvalue weighted by molar-refractivity contribution is 7.13. The van der Waals surface area contributed by atoms with Gasteiger partial charge in [0.05, 0.1) is 6.61 Å². The smallest absolute Gasteiger partial charge is 0.325 e. The summed E-state index contributed by atoms with van der Waals surface area (Å²) in [7, 11) is 0. The fourth-order valence-electron chi connectivity index (χ4n) is 2.60. The number of carbonyl (C=O) groups is 3. The van der Waals surface area contributed by atoms with Crippen molar-refractivity contribution in [1.29, 1.82) is 0 Å². The maximum absolute atomic E-state index is 12.6. The lowest BCUT2D eigenvalue weighted by molar-refractivity contribution is -0.143. The molecule has 1 aromatic heterocycles. The van der Waals surface area contributed by atoms with Gasteiger partial charge in [-0.2, -0.15) is 0 Å². The van der Waals surface area contributed by atoms with Gasteiger partial charge < -0.3 is 15.4 Å². The van der Waals surface area contributed by atoms with E-state index in [2.05, 4.69) is 20.9 Å². The third kappa shape index (κ3) is 5.11. The number of esters is 1. The molecule has 0 saturated carbocycles. The number of benzene rings is 1. The summed E-state index contributed by atoms with van der Waals surface area (Å²) in [5.74, 6) is -1.25. The van der Waals surface area contributed by atoms with Gasteiger partial charge in [-0.3, -0.25) is 19.7 Å². The van der Waals surface area contributed by atoms with E-state index < -0.39 is 30.0 Å². The molecule has 3 atom stereocenters. The predicted octanol–water partition coefficient (Wildman–Crippen LogP) is 0.713. The molecule has 142 valence electrons. The molecule has 1 saturated heterocycles. The van der Waals surface area contributed by atoms with Crippen LogP contribution in [-0.4, -0.2) is 47.5 Å². The summed E-state index contributed by atoms with van der Waals surface area (Å²) < 4.78 is 4.90. The Morgan fingerprint density at radius 1 is 1.26 bits per heavy atom. The summed E-state index contributed by atoms with van der Waals surface area (Å²) >= 11 is 1.29. The molecule has 3 rings (SSSR count). The molecule has 1 fully saturated rings. The Balaban J connectivity index is 1.65. The SMILES string of the molecule is CCOC(=O)[C@H]1N[C@@H]1C(=O)N[C@@H](Cc1ccccc1)C(=O)Nc1nccs1. The van der Waals surface area contributed by atoms with Crippen molar-refractivity contribution >= 4 is 34.3 Å². The number of carbonyl (C=O) groups excluding carboxylic acids is 3. The Labute approximate surface area is 160 Å². The molecule has 27 heavy (non-hydrogen) atoms. The van der Waals surface area contributed by atoms with E-state index in [-0.39, 0.29) is 12.5 Å². The van der Waals surface area contributed by atoms with Gasteiger partial charge in [0.2, 0.25) is 11.8 Å². The first-order valence-electron chi connectivity index (χ1n) is 8.56. The van der Waals surface area contributed by atoms with Gasteiger partial charge in [0.15, 0.2) is 5.13 Å². The van der Waals surface area contributed by atoms with E-state index in [1.165, 1.54) is 11.3 Å². The normalized spacial score (nSPS) is 19.0. The minimum Gasteiger partial charge on any atom is -0.465 e. The maximum atomic E-state index is 12.6. The van der Waals surface area contributed by atoms with Crippen molar-refractivity contribution in [2.24, 2.45) is 0 Å². The van der Waals surface area contributed by atoms with Crippen LogP contribution in [0.5, 0.6) is 0 Å². The zero-order chi connectivity index (χ0) is 19.2. The van der Waals surface area contributed by atoms with E-state index in [9.17, 15) is 14.4 Å². The van der Waals surface area contributed by atoms with Crippen LogP contribution in [0.1, 0.15) is 12.5 Å². The van der Waals surface area contributed by atoms with Gasteiger partial charge in [-0.15, -0.1) is 11.3 Å². The molecule has 1 aliphatic heterocycles. The maximum Gasteiger partial charge on any atom is 0.325 e. The standard InChI is InChI=1S/C18H20N4O4S/c1-2-26-17(25)14-13(21-14)16(24)20-12(10-11-6-4-3-5-7-11)15(23)22-18-19-8-9-27-18/h3-9,12-14,21H,2,10H2,1H3,(H,20,24)(H,19,22,23)/t12-,13-,14-/m0/s1. The van der Waals surface area contributed by atoms with Gasteiger partial charge in [-0.1, -0.05) is 30.3 Å². The highest BCUT2D eigenvalue weighted by Gasteiger charge is 2.49. The van der Waals surface area contributed by atoms with E-state index in [0.29, 0.717) is 11.6 Å². The highest BCUT2D eigenvalue weighted by atomic mass is 32.1. The largest absolute Gasteiger partial charge is 0.465 e. The topological polar surface area (TPSA) is 119 Å². The van der Waals surface area contributed by atoms with Gasteiger partial charge in [0.1, 0.15) is 18.1 Å². The Morgan fingerprint density at radius 2 is 2.04 bits per heavy atom. The van der Waals surface area contributed by atoms with Crippen molar-refractivity contribution in [2.45, 2.75) is 31.5 Å². The van der Waals surface area contributed by atoms with Gasteiger partial charge in [-0.05, 0) is 12.5 Å². The van der Waals surface area contributed by atoms with E-state index in [1.54, 1.807) is 18.5 Å². The van der Waals surface area contributed by atoms with Crippen molar-refractivity contribution in [3.63, 3.8) is 0 Å². The number of thiazole rings is 1. The number of hydrogen-bond donors (Lipinski definition) is 3. The van der Waals surface area contributed by atoms with Crippen molar-refractivity contribution in [3.05, 3.63) is 47.5 Å². The molecule has 2 amide bonds. The molecular formula is C18H20N4O4S. The fourth-order valence-corrected chi connectivity index (χ4v) is 3.13. The summed E-state index contributed by atoms with van der Waals surface area (Å²) in [6.45, 7) is 1.95. The Kier molecular flexibility index (Phi) is 6.15. The summed E-state index contributed by atoms with van der Waals surface area (Å²) in [6.07, 6.45) is 1.91. The third-order valence-corrected chi connectivity index (χ3v) is 4.67. The lowest BCUT2D eigenvalue weighted by atomic mass is 10.0. The third-order valence-electron chi connectivity index (χ3n) is 3.98. The number of nitrogens with zero attached hydrogens (tertiary/aromatic N) is 1. The molecule has 2 heterocycles. The predicted molar refractivity (Wildman–Crippen MR) is 100 cm³/mol. The molecule has 0 aliphatic carbocycles. The van der Waals surface area contributed by atoms with Crippen LogP contribution in [0.3, 0.4) is 0 Å². The number of rotatable bonds is 8. The van der Waals surface area contributed by atoms with Crippen LogP contribution >= 0.6 is 11.3 Å². The van der Waals surface area contributed by atoms with E-state index in [4.69, 9.17) is 4.74 Å². The Bertz CT molecular complexity index is 797. The quantitative estimate of drug-likeness (QED) is 0.453. The molecule has 0 bridgehead atoms. The molecule has 2 aromatic rings. The van der Waals surface area contributed by atoms with Crippen LogP contribution in [0, 0.1) is 0 Å². The van der Waals surface area contributed by atoms with Gasteiger partial charge in [0, 0.05) is 18.0 Å². The first-order valence-corrected chi connectivity index (χ1v) is 9.43. The van der Waals surface area contributed by atoms with Gasteiger partial charge >= 0.3 is 5.97 Å². The lowest BCUT2D eigenvalue weighted by Gasteiger charge is -2.17. The molecule has 0 radical (unpaired) electrons. The van der Waals surface area contributed by atoms with Crippen LogP contribution < -0.4 is 16.0 Å². The molecule has 0 unspecified atom stereocenters. The molecule has 1 aliphatic rings. The van der Waals surface area contributed by atoms with Crippen molar-refractivity contribution in [2.75, 3.05) is 11.9 Å². The molecule has 9 heteroatoms. The molecule has 3 N–H and O–H groups in total. The number of ether oxygens (including phenoxy) is 1. The summed E-state index contributed by atoms with van der Waals surface area (Å²) in [6, 6.07) is 7.23. The number of hydrogen-bond acceptors (Lipinski definition) is 7. The minimum atomic E-state index is -0.797. The molecular weight excluding hydrogens is 368 g/mol. The molecule has 8 nitrogen and oxygen atoms in total. The Hall–Kier alpha value is -2.78. The van der Waals surface area contributed by atoms with Crippen LogP contribution in [0.25, 0.3) is 0 Å². The number of nitrogens with one attached hydrogen (secondary N) is 3. The number of amides is 2. The molecule has 0 spiro atoms. The van der Waals surface area contributed by atoms with Crippen LogP contribution in [-0.2, 0) is 25.5 Å². The van der Waals surface area contributed by atoms with Crippen molar-refractivity contribution in [1.82, 2.24) is 15.6 Å². The summed E-state index contributed by atoms with van der Waals surface area (Å²) in [5.41, 5.74) is 0.905. The first kappa shape index (κ1) is 19.0. The van der Waals surface area contributed by atoms with E-state index >= 15 is 0 Å². The van der Waals surface area contributed by atoms with Crippen molar-refractivity contribution < 1.29 is 19.1 Å². The zero-order valence-electron chi connectivity index (χ0n) is 14.7. The Morgan fingerprint density at radius 3 is 2.70 bits per heavy atom. The van der Waals surface area contributed by atoms with Crippen LogP contribution in [0.15, 0.2) is 41.9 Å². The second kappa shape index (κ2) is 8.74. The zero-order valence-corrected chi connectivity index (χ0v) is 15.5. The summed E-state index contributed by atoms with van der Waals surface area (Å²) in [4.78, 5) is 40.8. The monoisotopic (exact) mass is 388 g/mol. The number of aromatic nitrogens is 1.